The van der Waals surface area contributed by atoms with Gasteiger partial charge in [0.1, 0.15) is 11.0 Å². The molecule has 2 amide bonds. The number of thiophene rings is 1. The zero-order chi connectivity index (χ0) is 17.7. The smallest absolute Gasteiger partial charge is 0.328 e. The number of aryl methyl sites for hydroxylation is 1. The first-order valence-corrected chi connectivity index (χ1v) is 8.15. The maximum absolute atomic E-state index is 12.4. The van der Waals surface area contributed by atoms with Gasteiger partial charge < -0.3 is 15.4 Å². The molecule has 0 aliphatic carbocycles. The Hall–Kier alpha value is -2.67. The largest absolute Gasteiger partial charge is 0.467 e. The summed E-state index contributed by atoms with van der Waals surface area (Å²) < 4.78 is 4.59. The molecule has 0 bridgehead atoms. The number of esters is 1. The highest BCUT2D eigenvalue weighted by Gasteiger charge is 2.23. The highest BCUT2D eigenvalue weighted by atomic mass is 32.1. The summed E-state index contributed by atoms with van der Waals surface area (Å²) in [4.78, 5) is 36.1. The van der Waals surface area contributed by atoms with Crippen LogP contribution in [0.25, 0.3) is 0 Å². The van der Waals surface area contributed by atoms with Gasteiger partial charge in [0.05, 0.1) is 12.7 Å². The number of amides is 2. The molecule has 1 heterocycles. The van der Waals surface area contributed by atoms with Crippen LogP contribution in [-0.4, -0.2) is 30.9 Å². The van der Waals surface area contributed by atoms with Crippen molar-refractivity contribution in [1.82, 2.24) is 5.32 Å². The molecule has 1 aromatic carbocycles. The van der Waals surface area contributed by atoms with Gasteiger partial charge in [0.25, 0.3) is 11.8 Å². The first-order chi connectivity index (χ1) is 11.4. The van der Waals surface area contributed by atoms with Crippen molar-refractivity contribution in [3.8, 4) is 0 Å². The van der Waals surface area contributed by atoms with Gasteiger partial charge in [-0.15, -0.1) is 11.3 Å². The molecule has 2 aromatic rings. The van der Waals surface area contributed by atoms with Gasteiger partial charge in [0.2, 0.25) is 0 Å². The van der Waals surface area contributed by atoms with Crippen molar-refractivity contribution in [3.63, 3.8) is 0 Å². The number of nitrogens with one attached hydrogen (secondary N) is 2. The second-order valence-corrected chi connectivity index (χ2v) is 6.04. The van der Waals surface area contributed by atoms with Gasteiger partial charge in [-0.05, 0) is 36.9 Å². The summed E-state index contributed by atoms with van der Waals surface area (Å²) in [5.74, 6) is -1.27. The standard InChI is InChI=1S/C17H18N2O4S/c1-10-9-24-16(19-14(20)12-7-5-4-6-8-12)13(10)15(21)18-11(2)17(22)23-3/h4-9,11H,1-3H3,(H,18,21)(H,19,20). The van der Waals surface area contributed by atoms with E-state index < -0.39 is 17.9 Å². The van der Waals surface area contributed by atoms with Crippen molar-refractivity contribution in [2.75, 3.05) is 12.4 Å². The summed E-state index contributed by atoms with van der Waals surface area (Å²) in [7, 11) is 1.26. The number of benzene rings is 1. The minimum atomic E-state index is -0.778. The summed E-state index contributed by atoms with van der Waals surface area (Å²) >= 11 is 1.26. The Morgan fingerprint density at radius 1 is 1.12 bits per heavy atom. The third-order valence-electron chi connectivity index (χ3n) is 3.37. The Balaban J connectivity index is 2.18. The summed E-state index contributed by atoms with van der Waals surface area (Å²) in [5.41, 5.74) is 1.57. The molecule has 126 valence electrons. The van der Waals surface area contributed by atoms with Crippen molar-refractivity contribution >= 4 is 34.1 Å². The van der Waals surface area contributed by atoms with Gasteiger partial charge in [0, 0.05) is 5.56 Å². The van der Waals surface area contributed by atoms with Crippen molar-refractivity contribution < 1.29 is 19.1 Å². The Kier molecular flexibility index (Phi) is 5.70. The molecule has 1 atom stereocenters. The first-order valence-electron chi connectivity index (χ1n) is 7.27. The average molecular weight is 346 g/mol. The molecular formula is C17H18N2O4S. The Morgan fingerprint density at radius 3 is 2.42 bits per heavy atom. The van der Waals surface area contributed by atoms with Crippen LogP contribution in [0.1, 0.15) is 33.2 Å². The first kappa shape index (κ1) is 17.7. The topological polar surface area (TPSA) is 84.5 Å². The number of methoxy groups -OCH3 is 1. The number of hydrogen-bond donors (Lipinski definition) is 2. The number of hydrogen-bond acceptors (Lipinski definition) is 5. The molecule has 0 aliphatic rings. The SMILES string of the molecule is COC(=O)C(C)NC(=O)c1c(C)csc1NC(=O)c1ccccc1. The maximum Gasteiger partial charge on any atom is 0.328 e. The lowest BCUT2D eigenvalue weighted by atomic mass is 10.1. The van der Waals surface area contributed by atoms with E-state index in [4.69, 9.17) is 0 Å². The van der Waals surface area contributed by atoms with E-state index in [1.807, 2.05) is 6.07 Å². The van der Waals surface area contributed by atoms with Crippen molar-refractivity contribution in [2.45, 2.75) is 19.9 Å². The van der Waals surface area contributed by atoms with Gasteiger partial charge in [-0.3, -0.25) is 9.59 Å². The average Bonchev–Trinajstić information content (AvgIpc) is 2.95. The Morgan fingerprint density at radius 2 is 1.79 bits per heavy atom. The molecule has 1 aromatic heterocycles. The van der Waals surface area contributed by atoms with Gasteiger partial charge in [-0.1, -0.05) is 18.2 Å². The molecule has 6 nitrogen and oxygen atoms in total. The van der Waals surface area contributed by atoms with Crippen LogP contribution in [0, 0.1) is 6.92 Å². The van der Waals surface area contributed by atoms with Crippen LogP contribution < -0.4 is 10.6 Å². The fraction of sp³-hybridized carbons (Fsp3) is 0.235. The fourth-order valence-electron chi connectivity index (χ4n) is 2.09. The van der Waals surface area contributed by atoms with Crippen LogP contribution in [0.4, 0.5) is 5.00 Å². The quantitative estimate of drug-likeness (QED) is 0.815. The summed E-state index contributed by atoms with van der Waals surface area (Å²) in [6.45, 7) is 3.31. The highest BCUT2D eigenvalue weighted by molar-refractivity contribution is 7.15. The third kappa shape index (κ3) is 3.99. The van der Waals surface area contributed by atoms with Crippen LogP contribution in [0.15, 0.2) is 35.7 Å². The molecule has 2 rings (SSSR count). The molecular weight excluding hydrogens is 328 g/mol. The Labute approximate surface area is 143 Å². The molecule has 24 heavy (non-hydrogen) atoms. The predicted octanol–water partition coefficient (Wildman–Crippen LogP) is 2.60. The van der Waals surface area contributed by atoms with E-state index in [1.54, 1.807) is 36.6 Å². The van der Waals surface area contributed by atoms with Crippen LogP contribution >= 0.6 is 11.3 Å². The molecule has 0 saturated carbocycles. The zero-order valence-electron chi connectivity index (χ0n) is 13.6. The third-order valence-corrected chi connectivity index (χ3v) is 4.38. The predicted molar refractivity (Wildman–Crippen MR) is 92.4 cm³/mol. The van der Waals surface area contributed by atoms with E-state index in [9.17, 15) is 14.4 Å². The maximum atomic E-state index is 12.4. The number of rotatable bonds is 5. The van der Waals surface area contributed by atoms with Crippen LogP contribution in [0.3, 0.4) is 0 Å². The molecule has 0 aliphatic heterocycles. The summed E-state index contributed by atoms with van der Waals surface area (Å²) in [6.07, 6.45) is 0. The number of ether oxygens (including phenoxy) is 1. The lowest BCUT2D eigenvalue weighted by molar-refractivity contribution is -0.142. The molecule has 2 N–H and O–H groups in total. The molecule has 0 radical (unpaired) electrons. The molecule has 7 heteroatoms. The van der Waals surface area contributed by atoms with E-state index in [-0.39, 0.29) is 5.91 Å². The summed E-state index contributed by atoms with van der Waals surface area (Å²) in [5, 5.41) is 7.53. The second kappa shape index (κ2) is 7.74. The minimum Gasteiger partial charge on any atom is -0.467 e. The second-order valence-electron chi connectivity index (χ2n) is 5.16. The van der Waals surface area contributed by atoms with Gasteiger partial charge >= 0.3 is 5.97 Å². The lowest BCUT2D eigenvalue weighted by Gasteiger charge is -2.13. The van der Waals surface area contributed by atoms with E-state index >= 15 is 0 Å². The molecule has 1 unspecified atom stereocenters. The van der Waals surface area contributed by atoms with Crippen molar-refractivity contribution in [3.05, 3.63) is 52.4 Å². The summed E-state index contributed by atoms with van der Waals surface area (Å²) in [6, 6.07) is 7.95. The normalized spacial score (nSPS) is 11.5. The highest BCUT2D eigenvalue weighted by Crippen LogP contribution is 2.28. The van der Waals surface area contributed by atoms with Gasteiger partial charge in [-0.25, -0.2) is 4.79 Å². The van der Waals surface area contributed by atoms with E-state index in [0.29, 0.717) is 16.1 Å². The van der Waals surface area contributed by atoms with E-state index in [1.165, 1.54) is 25.4 Å². The van der Waals surface area contributed by atoms with Crippen LogP contribution in [-0.2, 0) is 9.53 Å². The van der Waals surface area contributed by atoms with E-state index in [2.05, 4.69) is 15.4 Å². The molecule has 0 fully saturated rings. The van der Waals surface area contributed by atoms with Crippen LogP contribution in [0.2, 0.25) is 0 Å². The van der Waals surface area contributed by atoms with Crippen LogP contribution in [0.5, 0.6) is 0 Å². The molecule has 0 spiro atoms. The monoisotopic (exact) mass is 346 g/mol. The lowest BCUT2D eigenvalue weighted by Crippen LogP contribution is -2.39. The number of carbonyl (C=O) groups excluding carboxylic acids is 3. The molecule has 0 saturated heterocycles. The Bertz CT molecular complexity index is 755. The van der Waals surface area contributed by atoms with E-state index in [0.717, 1.165) is 5.56 Å². The van der Waals surface area contributed by atoms with Gasteiger partial charge in [-0.2, -0.15) is 0 Å². The fourth-order valence-corrected chi connectivity index (χ4v) is 3.02. The number of anilines is 1. The number of carbonyl (C=O) groups is 3. The zero-order valence-corrected chi connectivity index (χ0v) is 14.4. The van der Waals surface area contributed by atoms with Crippen molar-refractivity contribution in [2.24, 2.45) is 0 Å². The van der Waals surface area contributed by atoms with Crippen molar-refractivity contribution in [1.29, 1.82) is 0 Å². The minimum absolute atomic E-state index is 0.299. The van der Waals surface area contributed by atoms with Gasteiger partial charge in [0.15, 0.2) is 0 Å².